The van der Waals surface area contributed by atoms with Crippen LogP contribution in [0.15, 0.2) is 42.5 Å². The number of methoxy groups -OCH3 is 3. The molecule has 32 heavy (non-hydrogen) atoms. The van der Waals surface area contributed by atoms with E-state index in [1.165, 1.54) is 58.6 Å². The van der Waals surface area contributed by atoms with Gasteiger partial charge in [0.15, 0.2) is 0 Å². The minimum Gasteiger partial charge on any atom is -0.497 e. The topological polar surface area (TPSA) is 128 Å². The number of nitrogens with zero attached hydrogens (tertiary/aromatic N) is 1. The van der Waals surface area contributed by atoms with E-state index in [1.54, 1.807) is 12.1 Å². The summed E-state index contributed by atoms with van der Waals surface area (Å²) in [5.74, 6) is -1.62. The molecule has 0 bridgehead atoms. The molecule has 1 atom stereocenters. The SMILES string of the molecule is COC(=O)c1cc(NC(=O)[C@@H](C)N(c2ccc(OC)cc2)S(C)(=O)=O)cc(C(=O)OC)c1. The number of carbonyl (C=O) groups excluding carboxylic acids is 3. The van der Waals surface area contributed by atoms with Crippen molar-refractivity contribution in [2.75, 3.05) is 37.2 Å². The molecule has 172 valence electrons. The van der Waals surface area contributed by atoms with Gasteiger partial charge in [-0.15, -0.1) is 0 Å². The molecule has 0 unspecified atom stereocenters. The van der Waals surface area contributed by atoms with E-state index in [0.717, 1.165) is 10.6 Å². The molecule has 0 aliphatic carbocycles. The quantitative estimate of drug-likeness (QED) is 0.588. The second-order valence-electron chi connectivity index (χ2n) is 6.70. The standard InChI is InChI=1S/C21H24N2O8S/c1-13(23(32(5,27)28)17-6-8-18(29-2)9-7-17)19(24)22-16-11-14(20(25)30-3)10-15(12-16)21(26)31-4/h6-13H,1-5H3,(H,22,24)/t13-/m1/s1. The molecule has 10 nitrogen and oxygen atoms in total. The van der Waals surface area contributed by atoms with Gasteiger partial charge in [-0.2, -0.15) is 0 Å². The summed E-state index contributed by atoms with van der Waals surface area (Å²) in [6.07, 6.45) is 0.980. The largest absolute Gasteiger partial charge is 0.497 e. The third-order valence-electron chi connectivity index (χ3n) is 4.46. The smallest absolute Gasteiger partial charge is 0.337 e. The van der Waals surface area contributed by atoms with Crippen LogP contribution in [-0.4, -0.2) is 59.9 Å². The van der Waals surface area contributed by atoms with Crippen LogP contribution in [0.3, 0.4) is 0 Å². The van der Waals surface area contributed by atoms with Crippen LogP contribution in [0, 0.1) is 0 Å². The number of benzene rings is 2. The van der Waals surface area contributed by atoms with Gasteiger partial charge in [-0.05, 0) is 49.4 Å². The van der Waals surface area contributed by atoms with E-state index in [0.29, 0.717) is 5.75 Å². The fraction of sp³-hybridized carbons (Fsp3) is 0.286. The lowest BCUT2D eigenvalue weighted by atomic mass is 10.1. The zero-order valence-corrected chi connectivity index (χ0v) is 19.1. The van der Waals surface area contributed by atoms with Crippen molar-refractivity contribution in [1.82, 2.24) is 0 Å². The Labute approximate surface area is 186 Å². The van der Waals surface area contributed by atoms with Gasteiger partial charge in [-0.25, -0.2) is 18.0 Å². The summed E-state index contributed by atoms with van der Waals surface area (Å²) < 4.78 is 40.3. The summed E-state index contributed by atoms with van der Waals surface area (Å²) in [4.78, 5) is 36.8. The highest BCUT2D eigenvalue weighted by Gasteiger charge is 2.29. The van der Waals surface area contributed by atoms with E-state index in [4.69, 9.17) is 4.74 Å². The third-order valence-corrected chi connectivity index (χ3v) is 5.70. The minimum atomic E-state index is -3.84. The molecule has 0 aliphatic heterocycles. The van der Waals surface area contributed by atoms with Crippen molar-refractivity contribution < 1.29 is 37.0 Å². The molecule has 0 fully saturated rings. The molecule has 2 aromatic rings. The number of amides is 1. The van der Waals surface area contributed by atoms with Crippen LogP contribution in [-0.2, 0) is 24.3 Å². The second kappa shape index (κ2) is 10.1. The lowest BCUT2D eigenvalue weighted by Gasteiger charge is -2.28. The summed E-state index contributed by atoms with van der Waals surface area (Å²) in [5, 5.41) is 2.54. The molecule has 0 heterocycles. The van der Waals surface area contributed by atoms with Crippen LogP contribution in [0.5, 0.6) is 5.75 Å². The lowest BCUT2D eigenvalue weighted by molar-refractivity contribution is -0.116. The second-order valence-corrected chi connectivity index (χ2v) is 8.56. The average molecular weight is 464 g/mol. The number of sulfonamides is 1. The number of hydrogen-bond acceptors (Lipinski definition) is 8. The molecule has 11 heteroatoms. The number of hydrogen-bond donors (Lipinski definition) is 1. The molecular weight excluding hydrogens is 440 g/mol. The zero-order valence-electron chi connectivity index (χ0n) is 18.2. The van der Waals surface area contributed by atoms with E-state index in [-0.39, 0.29) is 22.5 Å². The van der Waals surface area contributed by atoms with E-state index in [1.807, 2.05) is 0 Å². The summed E-state index contributed by atoms with van der Waals surface area (Å²) in [7, 11) is -0.0192. The van der Waals surface area contributed by atoms with E-state index in [9.17, 15) is 22.8 Å². The first kappa shape index (κ1) is 24.7. The van der Waals surface area contributed by atoms with Crippen LogP contribution in [0.2, 0.25) is 0 Å². The highest BCUT2D eigenvalue weighted by molar-refractivity contribution is 7.92. The fourth-order valence-corrected chi connectivity index (χ4v) is 4.13. The maximum atomic E-state index is 12.9. The van der Waals surface area contributed by atoms with Gasteiger partial charge in [0.1, 0.15) is 11.8 Å². The Kier molecular flexibility index (Phi) is 7.82. The Balaban J connectivity index is 2.40. The van der Waals surface area contributed by atoms with Crippen molar-refractivity contribution >= 4 is 39.2 Å². The summed E-state index contributed by atoms with van der Waals surface area (Å²) in [6, 6.07) is 8.87. The Morgan fingerprint density at radius 1 is 0.906 bits per heavy atom. The molecule has 1 amide bonds. The lowest BCUT2D eigenvalue weighted by Crippen LogP contribution is -2.45. The van der Waals surface area contributed by atoms with Crippen molar-refractivity contribution in [2.24, 2.45) is 0 Å². The molecule has 0 saturated heterocycles. The van der Waals surface area contributed by atoms with Crippen LogP contribution >= 0.6 is 0 Å². The predicted octanol–water partition coefficient (Wildman–Crippen LogP) is 2.06. The highest BCUT2D eigenvalue weighted by Crippen LogP contribution is 2.25. The van der Waals surface area contributed by atoms with E-state index >= 15 is 0 Å². The Bertz CT molecular complexity index is 1080. The average Bonchev–Trinajstić information content (AvgIpc) is 2.77. The number of carbonyl (C=O) groups is 3. The van der Waals surface area contributed by atoms with Crippen LogP contribution in [0.4, 0.5) is 11.4 Å². The predicted molar refractivity (Wildman–Crippen MR) is 118 cm³/mol. The first-order valence-electron chi connectivity index (χ1n) is 9.27. The van der Waals surface area contributed by atoms with Crippen molar-refractivity contribution in [3.05, 3.63) is 53.6 Å². The first-order valence-corrected chi connectivity index (χ1v) is 11.1. The fourth-order valence-electron chi connectivity index (χ4n) is 2.96. The third kappa shape index (κ3) is 5.76. The van der Waals surface area contributed by atoms with Gasteiger partial charge in [-0.3, -0.25) is 9.10 Å². The van der Waals surface area contributed by atoms with Crippen molar-refractivity contribution in [1.29, 1.82) is 0 Å². The van der Waals surface area contributed by atoms with Gasteiger partial charge < -0.3 is 19.5 Å². The van der Waals surface area contributed by atoms with Crippen molar-refractivity contribution in [3.63, 3.8) is 0 Å². The Morgan fingerprint density at radius 2 is 1.41 bits per heavy atom. The molecule has 0 spiro atoms. The van der Waals surface area contributed by atoms with E-state index < -0.39 is 33.9 Å². The Hall–Kier alpha value is -3.60. The van der Waals surface area contributed by atoms with Gasteiger partial charge in [0, 0.05) is 5.69 Å². The molecule has 0 saturated carbocycles. The number of nitrogens with one attached hydrogen (secondary N) is 1. The molecule has 2 aromatic carbocycles. The number of rotatable bonds is 8. The molecule has 0 aromatic heterocycles. The first-order chi connectivity index (χ1) is 15.0. The van der Waals surface area contributed by atoms with Gasteiger partial charge in [0.25, 0.3) is 0 Å². The monoisotopic (exact) mass is 464 g/mol. The molecule has 0 radical (unpaired) electrons. The molecule has 0 aliphatic rings. The number of ether oxygens (including phenoxy) is 3. The Morgan fingerprint density at radius 3 is 1.81 bits per heavy atom. The molecule has 2 rings (SSSR count). The van der Waals surface area contributed by atoms with Gasteiger partial charge in [-0.1, -0.05) is 0 Å². The normalized spacial score (nSPS) is 11.8. The van der Waals surface area contributed by atoms with Gasteiger partial charge >= 0.3 is 11.9 Å². The minimum absolute atomic E-state index is 0.00785. The molecule has 1 N–H and O–H groups in total. The van der Waals surface area contributed by atoms with Crippen LogP contribution in [0.25, 0.3) is 0 Å². The van der Waals surface area contributed by atoms with Crippen LogP contribution < -0.4 is 14.4 Å². The maximum absolute atomic E-state index is 12.9. The number of esters is 2. The highest BCUT2D eigenvalue weighted by atomic mass is 32.2. The zero-order chi connectivity index (χ0) is 24.1. The van der Waals surface area contributed by atoms with Gasteiger partial charge in [0.05, 0.1) is 44.4 Å². The van der Waals surface area contributed by atoms with Crippen molar-refractivity contribution in [2.45, 2.75) is 13.0 Å². The summed E-state index contributed by atoms with van der Waals surface area (Å²) in [6.45, 7) is 1.41. The summed E-state index contributed by atoms with van der Waals surface area (Å²) in [5.41, 5.74) is 0.366. The van der Waals surface area contributed by atoms with E-state index in [2.05, 4.69) is 14.8 Å². The van der Waals surface area contributed by atoms with Crippen LogP contribution in [0.1, 0.15) is 27.6 Å². The number of anilines is 2. The summed E-state index contributed by atoms with van der Waals surface area (Å²) >= 11 is 0. The van der Waals surface area contributed by atoms with Crippen molar-refractivity contribution in [3.8, 4) is 5.75 Å². The molecular formula is C21H24N2O8S. The van der Waals surface area contributed by atoms with Gasteiger partial charge in [0.2, 0.25) is 15.9 Å². The maximum Gasteiger partial charge on any atom is 0.337 e.